The summed E-state index contributed by atoms with van der Waals surface area (Å²) in [5.41, 5.74) is 10.3. The van der Waals surface area contributed by atoms with Crippen molar-refractivity contribution < 1.29 is 66.0 Å². The van der Waals surface area contributed by atoms with Gasteiger partial charge in [-0.05, 0) is 12.1 Å². The number of nitrogens with zero attached hydrogens (tertiary/aromatic N) is 2. The van der Waals surface area contributed by atoms with E-state index in [9.17, 15) is 43.5 Å². The number of hydrogen-bond donors (Lipinski definition) is 8. The Kier molecular flexibility index (Phi) is 10.5. The molecule has 10 N–H and O–H groups in total. The molecule has 1 saturated heterocycles. The van der Waals surface area contributed by atoms with E-state index < -0.39 is 65.1 Å². The lowest BCUT2D eigenvalue weighted by Crippen LogP contribution is -2.62. The Balaban J connectivity index is 1.65. The highest BCUT2D eigenvalue weighted by Crippen LogP contribution is 2.66. The average Bonchev–Trinajstić information content (AvgIpc) is 3.19. The minimum Gasteiger partial charge on any atom is -0.390 e. The van der Waals surface area contributed by atoms with Gasteiger partial charge in [0.15, 0.2) is 0 Å². The van der Waals surface area contributed by atoms with Gasteiger partial charge in [0.25, 0.3) is 5.69 Å². The number of nitrogens with one attached hydrogen (secondary N) is 1. The number of carbonyl (C=O) groups excluding carboxylic acids is 1. The summed E-state index contributed by atoms with van der Waals surface area (Å²) < 4.78 is 51.2. The van der Waals surface area contributed by atoms with Crippen molar-refractivity contribution >= 4 is 35.2 Å². The summed E-state index contributed by atoms with van der Waals surface area (Å²) in [5.74, 6) is 5.28. The van der Waals surface area contributed by atoms with Gasteiger partial charge in [0, 0.05) is 36.2 Å². The molecule has 0 aromatic heterocycles. The third kappa shape index (κ3) is 9.47. The van der Waals surface area contributed by atoms with Gasteiger partial charge < -0.3 is 46.2 Å². The average molecular weight is 657 g/mol. The normalized spacial score (nSPS) is 27.0. The van der Waals surface area contributed by atoms with E-state index in [0.717, 1.165) is 4.90 Å². The van der Waals surface area contributed by atoms with Crippen molar-refractivity contribution in [1.29, 1.82) is 0 Å². The van der Waals surface area contributed by atoms with Gasteiger partial charge in [0.05, 0.1) is 24.2 Å². The standard InChI is InChI=1S/C19H26N5O15P3/c20-6-1-2-12-3-4-13(14(8-12)24(27)28)10-19(21)5-7-23(18(26)22-19)17-9-15(25)16(37-17)11-36-41(32,33)39-42(34,35)38-40(29,30)31/h3-5,7-8,15-17,25H,6,9-11,20-21H2,(H,22,26)(H,32,33)(H,34,35)(H2,29,30,31)/t15-,16+,17+,19?/m0/s1. The number of amides is 2. The van der Waals surface area contributed by atoms with Crippen molar-refractivity contribution in [3.05, 3.63) is 51.7 Å². The van der Waals surface area contributed by atoms with Crippen LogP contribution in [-0.2, 0) is 38.0 Å². The maximum absolute atomic E-state index is 12.9. The third-order valence-electron chi connectivity index (χ3n) is 5.54. The topological polar surface area (TPSA) is 317 Å². The number of aliphatic hydroxyl groups excluding tert-OH is 1. The monoisotopic (exact) mass is 657 g/mol. The van der Waals surface area contributed by atoms with E-state index in [0.29, 0.717) is 5.56 Å². The third-order valence-corrected chi connectivity index (χ3v) is 9.34. The van der Waals surface area contributed by atoms with Crippen molar-refractivity contribution in [3.63, 3.8) is 0 Å². The molecule has 23 heteroatoms. The Morgan fingerprint density at radius 2 is 1.90 bits per heavy atom. The number of phosphoric acid groups is 3. The van der Waals surface area contributed by atoms with Crippen LogP contribution in [-0.4, -0.2) is 77.8 Å². The number of rotatable bonds is 11. The van der Waals surface area contributed by atoms with Gasteiger partial charge in [-0.1, -0.05) is 17.9 Å². The molecular weight excluding hydrogens is 631 g/mol. The molecule has 0 spiro atoms. The Bertz CT molecular complexity index is 1460. The van der Waals surface area contributed by atoms with E-state index in [1.165, 1.54) is 30.5 Å². The zero-order chi connectivity index (χ0) is 31.5. The highest BCUT2D eigenvalue weighted by molar-refractivity contribution is 7.66. The predicted molar refractivity (Wildman–Crippen MR) is 138 cm³/mol. The Morgan fingerprint density at radius 3 is 2.50 bits per heavy atom. The van der Waals surface area contributed by atoms with Crippen molar-refractivity contribution in [2.24, 2.45) is 11.5 Å². The Morgan fingerprint density at radius 1 is 1.21 bits per heavy atom. The van der Waals surface area contributed by atoms with Crippen LogP contribution in [0.15, 0.2) is 30.5 Å². The molecule has 3 unspecified atom stereocenters. The van der Waals surface area contributed by atoms with Crippen LogP contribution in [0.5, 0.6) is 0 Å². The van der Waals surface area contributed by atoms with Gasteiger partial charge >= 0.3 is 29.5 Å². The van der Waals surface area contributed by atoms with Crippen LogP contribution >= 0.6 is 23.5 Å². The summed E-state index contributed by atoms with van der Waals surface area (Å²) in [6, 6.07) is 3.40. The number of nitro groups is 1. The predicted octanol–water partition coefficient (Wildman–Crippen LogP) is -0.539. The first-order chi connectivity index (χ1) is 19.3. The molecule has 2 heterocycles. The van der Waals surface area contributed by atoms with Crippen LogP contribution in [0.25, 0.3) is 0 Å². The molecule has 6 atom stereocenters. The molecule has 3 rings (SSSR count). The highest BCUT2D eigenvalue weighted by atomic mass is 31.3. The van der Waals surface area contributed by atoms with E-state index in [4.69, 9.17) is 26.0 Å². The van der Waals surface area contributed by atoms with Crippen molar-refractivity contribution in [2.75, 3.05) is 13.2 Å². The first-order valence-corrected chi connectivity index (χ1v) is 16.0. The molecule has 2 aliphatic rings. The fourth-order valence-electron chi connectivity index (χ4n) is 3.85. The van der Waals surface area contributed by atoms with Crippen molar-refractivity contribution in [2.45, 2.75) is 36.9 Å². The summed E-state index contributed by atoms with van der Waals surface area (Å²) in [5, 5.41) is 24.4. The molecule has 0 saturated carbocycles. The fraction of sp³-hybridized carbons (Fsp3) is 0.421. The van der Waals surface area contributed by atoms with Gasteiger partial charge in [0.1, 0.15) is 18.0 Å². The van der Waals surface area contributed by atoms with E-state index in [-0.39, 0.29) is 30.6 Å². The van der Waals surface area contributed by atoms with E-state index >= 15 is 0 Å². The minimum absolute atomic E-state index is 0.0606. The lowest BCUT2D eigenvalue weighted by molar-refractivity contribution is -0.385. The van der Waals surface area contributed by atoms with E-state index in [2.05, 4.69) is 30.3 Å². The molecule has 0 bridgehead atoms. The zero-order valence-corrected chi connectivity index (χ0v) is 23.8. The van der Waals surface area contributed by atoms with Gasteiger partial charge in [-0.3, -0.25) is 19.5 Å². The summed E-state index contributed by atoms with van der Waals surface area (Å²) in [7, 11) is -16.8. The molecule has 232 valence electrons. The quantitative estimate of drug-likeness (QED) is 0.0641. The summed E-state index contributed by atoms with van der Waals surface area (Å²) >= 11 is 0. The smallest absolute Gasteiger partial charge is 0.390 e. The van der Waals surface area contributed by atoms with Gasteiger partial charge in [-0.15, -0.1) is 0 Å². The highest BCUT2D eigenvalue weighted by Gasteiger charge is 2.45. The second-order valence-electron chi connectivity index (χ2n) is 8.80. The minimum atomic E-state index is -5.74. The lowest BCUT2D eigenvalue weighted by atomic mass is 9.96. The number of nitrogens with two attached hydrogens (primary N) is 2. The molecular formula is C19H26N5O15P3. The fourth-order valence-corrected chi connectivity index (χ4v) is 6.88. The van der Waals surface area contributed by atoms with Crippen LogP contribution in [0.4, 0.5) is 10.5 Å². The number of ether oxygens (including phenoxy) is 1. The lowest BCUT2D eigenvalue weighted by Gasteiger charge is -2.37. The summed E-state index contributed by atoms with van der Waals surface area (Å²) in [6.45, 7) is -0.873. The summed E-state index contributed by atoms with van der Waals surface area (Å²) in [6.07, 6.45) is -1.82. The Labute approximate surface area is 236 Å². The number of urea groups is 1. The number of benzene rings is 1. The molecule has 2 amide bonds. The SMILES string of the molecule is NCC#Cc1ccc(CC2(N)C=CN([C@H]3C[C@H](O)[C@@H](COP(=O)(O)OP(=O)(O)OP(=O)(O)O)O3)C(=O)N2)c([N+](=O)[O-])c1. The second kappa shape index (κ2) is 13.0. The number of phosphoric ester groups is 1. The number of aliphatic hydroxyl groups is 1. The molecule has 20 nitrogen and oxygen atoms in total. The number of carbonyl (C=O) groups is 1. The van der Waals surface area contributed by atoms with Crippen LogP contribution in [0, 0.1) is 22.0 Å². The largest absolute Gasteiger partial charge is 0.490 e. The molecule has 1 aromatic carbocycles. The first kappa shape index (κ1) is 33.9. The van der Waals surface area contributed by atoms with E-state index in [1.807, 2.05) is 0 Å². The zero-order valence-electron chi connectivity index (χ0n) is 21.2. The summed E-state index contributed by atoms with van der Waals surface area (Å²) in [4.78, 5) is 60.8. The van der Waals surface area contributed by atoms with Crippen LogP contribution in [0.1, 0.15) is 17.5 Å². The molecule has 42 heavy (non-hydrogen) atoms. The maximum Gasteiger partial charge on any atom is 0.490 e. The van der Waals surface area contributed by atoms with Crippen molar-refractivity contribution in [1.82, 2.24) is 10.2 Å². The van der Waals surface area contributed by atoms with Crippen LogP contribution in [0.3, 0.4) is 0 Å². The van der Waals surface area contributed by atoms with Gasteiger partial charge in [0.2, 0.25) is 0 Å². The van der Waals surface area contributed by atoms with Gasteiger partial charge in [-0.25, -0.2) is 18.5 Å². The second-order valence-corrected chi connectivity index (χ2v) is 13.2. The van der Waals surface area contributed by atoms with Gasteiger partial charge in [-0.2, -0.15) is 8.62 Å². The number of hydrogen-bond acceptors (Lipinski definition) is 13. The first-order valence-electron chi connectivity index (χ1n) is 11.5. The van der Waals surface area contributed by atoms with Crippen molar-refractivity contribution in [3.8, 4) is 11.8 Å². The molecule has 2 aliphatic heterocycles. The van der Waals surface area contributed by atoms with Crippen LogP contribution < -0.4 is 16.8 Å². The van der Waals surface area contributed by atoms with Crippen LogP contribution in [0.2, 0.25) is 0 Å². The molecule has 0 radical (unpaired) electrons. The Hall–Kier alpha value is -2.56. The molecule has 0 aliphatic carbocycles. The molecule has 1 fully saturated rings. The van der Waals surface area contributed by atoms with E-state index in [1.54, 1.807) is 0 Å². The number of nitro benzene ring substituents is 1. The molecule has 1 aromatic rings. The maximum atomic E-state index is 12.9.